The molecule has 32 heavy (non-hydrogen) atoms. The SMILES string of the molecule is CCOC(=O)N1CC=NC1CCCCCCCCCCCCC1N=CCN1C(=O)OCC. The lowest BCUT2D eigenvalue weighted by Crippen LogP contribution is -2.36. The summed E-state index contributed by atoms with van der Waals surface area (Å²) >= 11 is 0. The van der Waals surface area contributed by atoms with E-state index < -0.39 is 0 Å². The van der Waals surface area contributed by atoms with Crippen LogP contribution in [0, 0.1) is 0 Å². The van der Waals surface area contributed by atoms with Gasteiger partial charge in [-0.2, -0.15) is 0 Å². The minimum Gasteiger partial charge on any atom is -0.450 e. The predicted octanol–water partition coefficient (Wildman–Crippen LogP) is 5.41. The van der Waals surface area contributed by atoms with Crippen molar-refractivity contribution >= 4 is 24.6 Å². The van der Waals surface area contributed by atoms with Gasteiger partial charge in [0.05, 0.1) is 26.3 Å². The number of ether oxygens (including phenoxy) is 2. The second-order valence-electron chi connectivity index (χ2n) is 8.44. The van der Waals surface area contributed by atoms with Crippen molar-refractivity contribution in [3.05, 3.63) is 0 Å². The van der Waals surface area contributed by atoms with Crippen LogP contribution in [0.4, 0.5) is 9.59 Å². The molecule has 8 heteroatoms. The van der Waals surface area contributed by atoms with Crippen molar-refractivity contribution in [2.24, 2.45) is 9.98 Å². The summed E-state index contributed by atoms with van der Waals surface area (Å²) in [5, 5.41) is 0. The van der Waals surface area contributed by atoms with E-state index in [0.29, 0.717) is 26.3 Å². The summed E-state index contributed by atoms with van der Waals surface area (Å²) in [5.74, 6) is 0. The van der Waals surface area contributed by atoms with Gasteiger partial charge in [0.2, 0.25) is 0 Å². The Bertz CT molecular complexity index is 559. The first kappa shape index (κ1) is 26.1. The summed E-state index contributed by atoms with van der Waals surface area (Å²) in [7, 11) is 0. The molecule has 0 aromatic heterocycles. The Morgan fingerprint density at radius 1 is 0.688 bits per heavy atom. The zero-order chi connectivity index (χ0) is 23.0. The van der Waals surface area contributed by atoms with Crippen molar-refractivity contribution in [3.63, 3.8) is 0 Å². The first-order valence-electron chi connectivity index (χ1n) is 12.6. The molecule has 0 saturated heterocycles. The monoisotopic (exact) mass is 450 g/mol. The summed E-state index contributed by atoms with van der Waals surface area (Å²) in [5.41, 5.74) is 0. The van der Waals surface area contributed by atoms with Gasteiger partial charge in [0, 0.05) is 12.4 Å². The molecule has 182 valence electrons. The van der Waals surface area contributed by atoms with Gasteiger partial charge >= 0.3 is 12.2 Å². The average molecular weight is 451 g/mol. The van der Waals surface area contributed by atoms with Gasteiger partial charge in [0.1, 0.15) is 12.3 Å². The van der Waals surface area contributed by atoms with Crippen LogP contribution in [0.15, 0.2) is 9.98 Å². The smallest absolute Gasteiger partial charge is 0.411 e. The van der Waals surface area contributed by atoms with E-state index >= 15 is 0 Å². The van der Waals surface area contributed by atoms with Gasteiger partial charge in [-0.15, -0.1) is 0 Å². The molecule has 2 amide bonds. The summed E-state index contributed by atoms with van der Waals surface area (Å²) in [6.45, 7) is 5.62. The first-order chi connectivity index (χ1) is 15.7. The van der Waals surface area contributed by atoms with E-state index in [1.54, 1.807) is 9.80 Å². The van der Waals surface area contributed by atoms with E-state index in [0.717, 1.165) is 25.7 Å². The van der Waals surface area contributed by atoms with Crippen LogP contribution in [0.3, 0.4) is 0 Å². The van der Waals surface area contributed by atoms with Crippen LogP contribution < -0.4 is 0 Å². The van der Waals surface area contributed by atoms with Gasteiger partial charge in [-0.25, -0.2) is 9.59 Å². The van der Waals surface area contributed by atoms with E-state index in [4.69, 9.17) is 9.47 Å². The lowest BCUT2D eigenvalue weighted by atomic mass is 10.0. The Balaban J connectivity index is 1.39. The van der Waals surface area contributed by atoms with Crippen LogP contribution in [0.25, 0.3) is 0 Å². The Hall–Kier alpha value is -2.12. The van der Waals surface area contributed by atoms with E-state index in [1.807, 2.05) is 26.3 Å². The molecule has 0 aliphatic carbocycles. The number of aliphatic imine (C=N–C) groups is 2. The van der Waals surface area contributed by atoms with E-state index in [-0.39, 0.29) is 24.5 Å². The van der Waals surface area contributed by atoms with E-state index in [2.05, 4.69) is 9.98 Å². The van der Waals surface area contributed by atoms with Crippen molar-refractivity contribution in [1.29, 1.82) is 0 Å². The van der Waals surface area contributed by atoms with Gasteiger partial charge in [0.25, 0.3) is 0 Å². The number of carbonyl (C=O) groups is 2. The Morgan fingerprint density at radius 3 is 1.38 bits per heavy atom. The maximum Gasteiger partial charge on any atom is 0.411 e. The zero-order valence-corrected chi connectivity index (χ0v) is 20.0. The molecule has 2 rings (SSSR count). The van der Waals surface area contributed by atoms with Crippen LogP contribution in [-0.2, 0) is 9.47 Å². The molecule has 2 atom stereocenters. The van der Waals surface area contributed by atoms with E-state index in [1.165, 1.54) is 51.4 Å². The normalized spacial score (nSPS) is 19.7. The fourth-order valence-electron chi connectivity index (χ4n) is 4.25. The number of hydrogen-bond donors (Lipinski definition) is 0. The maximum atomic E-state index is 11.9. The Morgan fingerprint density at radius 2 is 1.03 bits per heavy atom. The van der Waals surface area contributed by atoms with Crippen LogP contribution >= 0.6 is 0 Å². The van der Waals surface area contributed by atoms with Gasteiger partial charge < -0.3 is 9.47 Å². The van der Waals surface area contributed by atoms with Crippen LogP contribution in [-0.4, -0.2) is 73.1 Å². The van der Waals surface area contributed by atoms with Crippen molar-refractivity contribution in [3.8, 4) is 0 Å². The van der Waals surface area contributed by atoms with Crippen molar-refractivity contribution < 1.29 is 19.1 Å². The third-order valence-corrected chi connectivity index (χ3v) is 6.01. The van der Waals surface area contributed by atoms with Gasteiger partial charge in [-0.1, -0.05) is 51.4 Å². The molecular weight excluding hydrogens is 408 g/mol. The molecule has 2 heterocycles. The molecular formula is C24H42N4O4. The summed E-state index contributed by atoms with van der Waals surface area (Å²) in [6.07, 6.45) is 17.2. The molecule has 0 bridgehead atoms. The number of amides is 2. The molecule has 2 unspecified atom stereocenters. The van der Waals surface area contributed by atoms with Crippen molar-refractivity contribution in [1.82, 2.24) is 9.80 Å². The highest BCUT2D eigenvalue weighted by Gasteiger charge is 2.27. The van der Waals surface area contributed by atoms with Crippen LogP contribution in [0.5, 0.6) is 0 Å². The summed E-state index contributed by atoms with van der Waals surface area (Å²) < 4.78 is 10.2. The third kappa shape index (κ3) is 9.17. The summed E-state index contributed by atoms with van der Waals surface area (Å²) in [4.78, 5) is 36.0. The van der Waals surface area contributed by atoms with E-state index in [9.17, 15) is 9.59 Å². The minimum absolute atomic E-state index is 0.0339. The number of rotatable bonds is 15. The average Bonchev–Trinajstić information content (AvgIpc) is 3.44. The zero-order valence-electron chi connectivity index (χ0n) is 20.0. The largest absolute Gasteiger partial charge is 0.450 e. The second-order valence-corrected chi connectivity index (χ2v) is 8.44. The Labute approximate surface area is 193 Å². The first-order valence-corrected chi connectivity index (χ1v) is 12.6. The highest BCUT2D eigenvalue weighted by Crippen LogP contribution is 2.19. The van der Waals surface area contributed by atoms with Gasteiger partial charge in [-0.05, 0) is 39.5 Å². The second kappa shape index (κ2) is 15.6. The van der Waals surface area contributed by atoms with Gasteiger partial charge in [-0.3, -0.25) is 19.8 Å². The van der Waals surface area contributed by atoms with Crippen LogP contribution in [0.1, 0.15) is 90.9 Å². The predicted molar refractivity (Wildman–Crippen MR) is 127 cm³/mol. The molecule has 0 saturated carbocycles. The van der Waals surface area contributed by atoms with Crippen LogP contribution in [0.2, 0.25) is 0 Å². The molecule has 0 aromatic rings. The maximum absolute atomic E-state index is 11.9. The summed E-state index contributed by atoms with van der Waals surface area (Å²) in [6, 6.07) is 0. The topological polar surface area (TPSA) is 83.8 Å². The highest BCUT2D eigenvalue weighted by molar-refractivity contribution is 5.76. The fraction of sp³-hybridized carbons (Fsp3) is 0.833. The molecule has 0 aromatic carbocycles. The van der Waals surface area contributed by atoms with Crippen molar-refractivity contribution in [2.75, 3.05) is 26.3 Å². The lowest BCUT2D eigenvalue weighted by molar-refractivity contribution is 0.0997. The van der Waals surface area contributed by atoms with Crippen molar-refractivity contribution in [2.45, 2.75) is 103 Å². The highest BCUT2D eigenvalue weighted by atomic mass is 16.6. The molecule has 0 fully saturated rings. The molecule has 0 N–H and O–H groups in total. The lowest BCUT2D eigenvalue weighted by Gasteiger charge is -2.22. The standard InChI is InChI=1S/C24H42N4O4/c1-3-31-23(29)27-19-17-25-21(27)15-13-11-9-7-5-6-8-10-12-14-16-22-26-18-20-28(22)24(30)32-4-2/h17-18,21-22H,3-16,19-20H2,1-2H3. The Kier molecular flexibility index (Phi) is 12.8. The number of unbranched alkanes of at least 4 members (excludes halogenated alkanes) is 9. The molecule has 0 radical (unpaired) electrons. The number of carbonyl (C=O) groups excluding carboxylic acids is 2. The third-order valence-electron chi connectivity index (χ3n) is 6.01. The minimum atomic E-state index is -0.248. The number of nitrogens with zero attached hydrogens (tertiary/aromatic N) is 4. The molecule has 8 nitrogen and oxygen atoms in total. The molecule has 2 aliphatic rings. The quantitative estimate of drug-likeness (QED) is 0.312. The number of hydrogen-bond acceptors (Lipinski definition) is 6. The molecule has 2 aliphatic heterocycles. The fourth-order valence-corrected chi connectivity index (χ4v) is 4.25. The molecule has 0 spiro atoms. The van der Waals surface area contributed by atoms with Gasteiger partial charge in [0.15, 0.2) is 0 Å².